The predicted molar refractivity (Wildman–Crippen MR) is 80.0 cm³/mol. The maximum Gasteiger partial charge on any atom is 0.222 e. The largest absolute Gasteiger partial charge is 0.496 e. The molecule has 1 heterocycles. The van der Waals surface area contributed by atoms with Gasteiger partial charge in [-0.05, 0) is 32.9 Å². The fraction of sp³-hybridized carbons (Fsp3) is 0.562. The Balaban J connectivity index is 2.19. The zero-order chi connectivity index (χ0) is 14.5. The number of likely N-dealkylation sites (N-methyl/N-ethyl adjacent to an activating group) is 1. The molecule has 1 fully saturated rings. The number of nitrogens with one attached hydrogen (secondary N) is 1. The van der Waals surface area contributed by atoms with E-state index in [2.05, 4.69) is 18.3 Å². The molecule has 0 aromatic heterocycles. The van der Waals surface area contributed by atoms with E-state index in [9.17, 15) is 4.79 Å². The summed E-state index contributed by atoms with van der Waals surface area (Å²) >= 11 is 0. The molecule has 1 N–H and O–H groups in total. The minimum atomic E-state index is 0.104. The van der Waals surface area contributed by atoms with Gasteiger partial charge in [-0.3, -0.25) is 4.79 Å². The Morgan fingerprint density at radius 1 is 1.40 bits per heavy atom. The SMILES string of the molecule is CNC(CN1CCCCC1=O)c1cc(C)ccc1OC. The molecule has 0 spiro atoms. The highest BCUT2D eigenvalue weighted by atomic mass is 16.5. The number of likely N-dealkylation sites (tertiary alicyclic amines) is 1. The van der Waals surface area contributed by atoms with E-state index in [-0.39, 0.29) is 11.9 Å². The van der Waals surface area contributed by atoms with Crippen molar-refractivity contribution in [3.8, 4) is 5.75 Å². The van der Waals surface area contributed by atoms with Crippen molar-refractivity contribution in [1.82, 2.24) is 10.2 Å². The van der Waals surface area contributed by atoms with Gasteiger partial charge in [0.1, 0.15) is 5.75 Å². The van der Waals surface area contributed by atoms with Crippen LogP contribution in [0.2, 0.25) is 0 Å². The minimum absolute atomic E-state index is 0.104. The summed E-state index contributed by atoms with van der Waals surface area (Å²) in [5.74, 6) is 1.14. The Morgan fingerprint density at radius 2 is 2.20 bits per heavy atom. The van der Waals surface area contributed by atoms with Gasteiger partial charge >= 0.3 is 0 Å². The van der Waals surface area contributed by atoms with Crippen molar-refractivity contribution in [2.24, 2.45) is 0 Å². The van der Waals surface area contributed by atoms with Crippen LogP contribution < -0.4 is 10.1 Å². The third-order valence-corrected chi connectivity index (χ3v) is 3.93. The molecule has 1 unspecified atom stereocenters. The van der Waals surface area contributed by atoms with Crippen molar-refractivity contribution in [2.75, 3.05) is 27.2 Å². The average Bonchev–Trinajstić information content (AvgIpc) is 2.46. The molecule has 4 heteroatoms. The zero-order valence-corrected chi connectivity index (χ0v) is 12.6. The third kappa shape index (κ3) is 3.31. The van der Waals surface area contributed by atoms with Gasteiger partial charge in [0, 0.05) is 25.1 Å². The van der Waals surface area contributed by atoms with Crippen LogP contribution in [0, 0.1) is 6.92 Å². The Bertz CT molecular complexity index is 474. The predicted octanol–water partition coefficient (Wildman–Crippen LogP) is 2.28. The summed E-state index contributed by atoms with van der Waals surface area (Å²) in [6, 6.07) is 6.27. The molecule has 1 amide bonds. The van der Waals surface area contributed by atoms with E-state index in [1.165, 1.54) is 5.56 Å². The van der Waals surface area contributed by atoms with Gasteiger partial charge in [0.2, 0.25) is 5.91 Å². The van der Waals surface area contributed by atoms with Crippen LogP contribution in [0.15, 0.2) is 18.2 Å². The highest BCUT2D eigenvalue weighted by molar-refractivity contribution is 5.76. The van der Waals surface area contributed by atoms with Crippen molar-refractivity contribution in [3.63, 3.8) is 0 Å². The summed E-state index contributed by atoms with van der Waals surface area (Å²) in [5, 5.41) is 3.31. The van der Waals surface area contributed by atoms with Gasteiger partial charge < -0.3 is 15.0 Å². The van der Waals surface area contributed by atoms with E-state index in [0.29, 0.717) is 13.0 Å². The fourth-order valence-corrected chi connectivity index (χ4v) is 2.75. The number of aryl methyl sites for hydroxylation is 1. The van der Waals surface area contributed by atoms with E-state index in [1.54, 1.807) is 7.11 Å². The van der Waals surface area contributed by atoms with Crippen LogP contribution in [0.4, 0.5) is 0 Å². The molecule has 0 aliphatic carbocycles. The smallest absolute Gasteiger partial charge is 0.222 e. The molecule has 1 aromatic carbocycles. The lowest BCUT2D eigenvalue weighted by Crippen LogP contribution is -2.41. The van der Waals surface area contributed by atoms with E-state index in [4.69, 9.17) is 4.74 Å². The van der Waals surface area contributed by atoms with Crippen LogP contribution in [0.3, 0.4) is 0 Å². The summed E-state index contributed by atoms with van der Waals surface area (Å²) in [4.78, 5) is 13.9. The number of carbonyl (C=O) groups excluding carboxylic acids is 1. The Labute approximate surface area is 121 Å². The first-order valence-electron chi connectivity index (χ1n) is 7.25. The van der Waals surface area contributed by atoms with Gasteiger partial charge in [-0.1, -0.05) is 17.7 Å². The number of carbonyl (C=O) groups is 1. The van der Waals surface area contributed by atoms with Crippen LogP contribution in [-0.2, 0) is 4.79 Å². The Hall–Kier alpha value is -1.55. The van der Waals surface area contributed by atoms with Gasteiger partial charge in [0.15, 0.2) is 0 Å². The average molecular weight is 276 g/mol. The number of benzene rings is 1. The number of piperidine rings is 1. The standard InChI is InChI=1S/C16H24N2O2/c1-12-7-8-15(20-3)13(10-12)14(17-2)11-18-9-5-4-6-16(18)19/h7-8,10,14,17H,4-6,9,11H2,1-3H3. The second kappa shape index (κ2) is 6.75. The van der Waals surface area contributed by atoms with Gasteiger partial charge in [-0.25, -0.2) is 0 Å². The van der Waals surface area contributed by atoms with Gasteiger partial charge in [0.05, 0.1) is 13.2 Å². The van der Waals surface area contributed by atoms with Crippen LogP contribution >= 0.6 is 0 Å². The number of amides is 1. The lowest BCUT2D eigenvalue weighted by atomic mass is 10.0. The summed E-state index contributed by atoms with van der Waals surface area (Å²) in [5.41, 5.74) is 2.32. The number of hydrogen-bond donors (Lipinski definition) is 1. The lowest BCUT2D eigenvalue weighted by Gasteiger charge is -2.31. The quantitative estimate of drug-likeness (QED) is 0.897. The van der Waals surface area contributed by atoms with E-state index < -0.39 is 0 Å². The molecule has 0 bridgehead atoms. The van der Waals surface area contributed by atoms with Crippen molar-refractivity contribution in [1.29, 1.82) is 0 Å². The molecule has 20 heavy (non-hydrogen) atoms. The molecular weight excluding hydrogens is 252 g/mol. The third-order valence-electron chi connectivity index (χ3n) is 3.93. The molecule has 1 aliphatic rings. The fourth-order valence-electron chi connectivity index (χ4n) is 2.75. The van der Waals surface area contributed by atoms with Gasteiger partial charge in [-0.2, -0.15) is 0 Å². The van der Waals surface area contributed by atoms with Crippen LogP contribution in [0.1, 0.15) is 36.4 Å². The highest BCUT2D eigenvalue weighted by Gasteiger charge is 2.23. The van der Waals surface area contributed by atoms with Crippen molar-refractivity contribution >= 4 is 5.91 Å². The summed E-state index contributed by atoms with van der Waals surface area (Å²) < 4.78 is 5.46. The molecule has 2 rings (SSSR count). The first-order chi connectivity index (χ1) is 9.65. The number of rotatable bonds is 5. The molecule has 110 valence electrons. The second-order valence-electron chi connectivity index (χ2n) is 5.38. The minimum Gasteiger partial charge on any atom is -0.496 e. The van der Waals surface area contributed by atoms with Crippen LogP contribution in [-0.4, -0.2) is 38.1 Å². The maximum absolute atomic E-state index is 12.0. The lowest BCUT2D eigenvalue weighted by molar-refractivity contribution is -0.133. The molecule has 0 saturated carbocycles. The number of ether oxygens (including phenoxy) is 1. The van der Waals surface area contributed by atoms with E-state index >= 15 is 0 Å². The number of methoxy groups -OCH3 is 1. The molecule has 1 atom stereocenters. The second-order valence-corrected chi connectivity index (χ2v) is 5.38. The van der Waals surface area contributed by atoms with Crippen molar-refractivity contribution < 1.29 is 9.53 Å². The topological polar surface area (TPSA) is 41.6 Å². The Kier molecular flexibility index (Phi) is 5.01. The molecule has 1 aliphatic heterocycles. The van der Waals surface area contributed by atoms with Crippen LogP contribution in [0.5, 0.6) is 5.75 Å². The highest BCUT2D eigenvalue weighted by Crippen LogP contribution is 2.27. The number of hydrogen-bond acceptors (Lipinski definition) is 3. The summed E-state index contributed by atoms with van der Waals surface area (Å²) in [7, 11) is 3.62. The maximum atomic E-state index is 12.0. The molecule has 1 saturated heterocycles. The normalized spacial score (nSPS) is 17.1. The van der Waals surface area contributed by atoms with Gasteiger partial charge in [0.25, 0.3) is 0 Å². The van der Waals surface area contributed by atoms with Crippen molar-refractivity contribution in [3.05, 3.63) is 29.3 Å². The molecule has 4 nitrogen and oxygen atoms in total. The van der Waals surface area contributed by atoms with Gasteiger partial charge in [-0.15, -0.1) is 0 Å². The summed E-state index contributed by atoms with van der Waals surface area (Å²) in [6.45, 7) is 3.64. The summed E-state index contributed by atoms with van der Waals surface area (Å²) in [6.07, 6.45) is 2.81. The van der Waals surface area contributed by atoms with E-state index in [0.717, 1.165) is 30.7 Å². The van der Waals surface area contributed by atoms with Crippen LogP contribution in [0.25, 0.3) is 0 Å². The van der Waals surface area contributed by atoms with Crippen molar-refractivity contribution in [2.45, 2.75) is 32.2 Å². The first-order valence-corrected chi connectivity index (χ1v) is 7.25. The monoisotopic (exact) mass is 276 g/mol. The first kappa shape index (κ1) is 14.9. The number of nitrogens with zero attached hydrogens (tertiary/aromatic N) is 1. The molecule has 1 aromatic rings. The Morgan fingerprint density at radius 3 is 2.85 bits per heavy atom. The zero-order valence-electron chi connectivity index (χ0n) is 12.6. The molecule has 0 radical (unpaired) electrons. The van der Waals surface area contributed by atoms with E-state index in [1.807, 2.05) is 24.1 Å². The molecular formula is C16H24N2O2.